The van der Waals surface area contributed by atoms with E-state index in [9.17, 15) is 4.79 Å². The number of hydrogen-bond acceptors (Lipinski definition) is 4. The van der Waals surface area contributed by atoms with Crippen molar-refractivity contribution < 1.29 is 9.53 Å². The second-order valence-corrected chi connectivity index (χ2v) is 8.17. The smallest absolute Gasteiger partial charge is 0.231 e. The normalized spacial score (nSPS) is 31.5. The van der Waals surface area contributed by atoms with Crippen molar-refractivity contribution in [3.63, 3.8) is 0 Å². The maximum Gasteiger partial charge on any atom is 0.231 e. The van der Waals surface area contributed by atoms with Gasteiger partial charge >= 0.3 is 0 Å². The maximum absolute atomic E-state index is 11.1. The molecule has 0 aromatic heterocycles. The Morgan fingerprint density at radius 1 is 1.27 bits per heavy atom. The molecule has 3 unspecified atom stereocenters. The molecule has 3 aliphatic rings. The molecule has 2 aliphatic heterocycles. The van der Waals surface area contributed by atoms with Crippen LogP contribution in [0.3, 0.4) is 0 Å². The van der Waals surface area contributed by atoms with Crippen LogP contribution in [0, 0.1) is 11.3 Å². The monoisotopic (exact) mass is 479 g/mol. The van der Waals surface area contributed by atoms with Crippen LogP contribution < -0.4 is 16.4 Å². The van der Waals surface area contributed by atoms with Crippen LogP contribution in [-0.2, 0) is 9.53 Å². The number of guanidine groups is 1. The highest BCUT2D eigenvalue weighted by molar-refractivity contribution is 14.0. The SMILES string of the molecule is CCN=C(NC1CCN(CC(N)=O)CC1)NC1C2CCOC2C1(C)C.I. The number of likely N-dealkylation sites (tertiary alicyclic amines) is 1. The lowest BCUT2D eigenvalue weighted by Crippen LogP contribution is -2.68. The predicted molar refractivity (Wildman–Crippen MR) is 114 cm³/mol. The van der Waals surface area contributed by atoms with Crippen molar-refractivity contribution >= 4 is 35.8 Å². The Bertz CT molecular complexity index is 520. The zero-order chi connectivity index (χ0) is 18.0. The van der Waals surface area contributed by atoms with Crippen molar-refractivity contribution in [2.24, 2.45) is 22.1 Å². The van der Waals surface area contributed by atoms with Crippen LogP contribution >= 0.6 is 24.0 Å². The number of nitrogens with two attached hydrogens (primary N) is 1. The molecule has 0 aromatic rings. The number of piperidine rings is 1. The summed E-state index contributed by atoms with van der Waals surface area (Å²) in [7, 11) is 0. The molecular formula is C18H34IN5O2. The summed E-state index contributed by atoms with van der Waals surface area (Å²) < 4.78 is 5.89. The third-order valence-electron chi connectivity index (χ3n) is 6.02. The fourth-order valence-corrected chi connectivity index (χ4v) is 4.70. The van der Waals surface area contributed by atoms with Crippen LogP contribution in [0.15, 0.2) is 4.99 Å². The van der Waals surface area contributed by atoms with Gasteiger partial charge in [0.05, 0.1) is 12.6 Å². The number of hydrogen-bond donors (Lipinski definition) is 3. The fraction of sp³-hybridized carbons (Fsp3) is 0.889. The van der Waals surface area contributed by atoms with Gasteiger partial charge in [0.15, 0.2) is 5.96 Å². The predicted octanol–water partition coefficient (Wildman–Crippen LogP) is 0.923. The summed E-state index contributed by atoms with van der Waals surface area (Å²) in [5, 5.41) is 7.28. The molecule has 3 atom stereocenters. The molecule has 3 fully saturated rings. The average molecular weight is 479 g/mol. The van der Waals surface area contributed by atoms with Crippen LogP contribution in [-0.4, -0.2) is 67.7 Å². The minimum atomic E-state index is -0.248. The first kappa shape index (κ1) is 21.7. The van der Waals surface area contributed by atoms with E-state index in [-0.39, 0.29) is 35.3 Å². The molecule has 1 amide bonds. The Labute approximate surface area is 173 Å². The minimum Gasteiger partial charge on any atom is -0.377 e. The number of rotatable bonds is 5. The molecular weight excluding hydrogens is 445 g/mol. The third kappa shape index (κ3) is 4.62. The summed E-state index contributed by atoms with van der Waals surface area (Å²) in [6.07, 6.45) is 3.52. The van der Waals surface area contributed by atoms with Crippen molar-refractivity contribution in [1.29, 1.82) is 0 Å². The van der Waals surface area contributed by atoms with Gasteiger partial charge in [0.25, 0.3) is 0 Å². The molecule has 0 spiro atoms. The molecule has 0 bridgehead atoms. The molecule has 0 radical (unpaired) electrons. The van der Waals surface area contributed by atoms with E-state index in [2.05, 4.69) is 41.3 Å². The summed E-state index contributed by atoms with van der Waals surface area (Å²) >= 11 is 0. The van der Waals surface area contributed by atoms with Gasteiger partial charge < -0.3 is 21.1 Å². The molecule has 1 aliphatic carbocycles. The third-order valence-corrected chi connectivity index (χ3v) is 6.02. The average Bonchev–Trinajstić information content (AvgIpc) is 3.01. The Morgan fingerprint density at radius 2 is 1.96 bits per heavy atom. The van der Waals surface area contributed by atoms with E-state index in [1.165, 1.54) is 0 Å². The van der Waals surface area contributed by atoms with E-state index in [1.54, 1.807) is 0 Å². The highest BCUT2D eigenvalue weighted by Gasteiger charge is 2.59. The molecule has 3 rings (SSSR count). The summed E-state index contributed by atoms with van der Waals surface area (Å²) in [4.78, 5) is 17.8. The highest BCUT2D eigenvalue weighted by Crippen LogP contribution is 2.52. The number of primary amides is 1. The number of ether oxygens (including phenoxy) is 1. The molecule has 26 heavy (non-hydrogen) atoms. The standard InChI is InChI=1S/C18H33N5O2.HI/c1-4-20-17(21-12-5-8-23(9-6-12)11-14(19)24)22-15-13-7-10-25-16(13)18(15,2)3;/h12-13,15-16H,4-11H2,1-3H3,(H2,19,24)(H2,20,21,22);1H. The van der Waals surface area contributed by atoms with Crippen LogP contribution in [0.4, 0.5) is 0 Å². The number of carbonyl (C=O) groups excluding carboxylic acids is 1. The van der Waals surface area contributed by atoms with E-state index in [0.29, 0.717) is 30.7 Å². The number of nitrogens with one attached hydrogen (secondary N) is 2. The van der Waals surface area contributed by atoms with Gasteiger partial charge in [-0.2, -0.15) is 0 Å². The number of aliphatic imine (C=N–C) groups is 1. The Hall–Kier alpha value is -0.610. The van der Waals surface area contributed by atoms with E-state index in [0.717, 1.165) is 51.5 Å². The first-order valence-electron chi connectivity index (χ1n) is 9.61. The summed E-state index contributed by atoms with van der Waals surface area (Å²) in [5.41, 5.74) is 5.43. The lowest BCUT2D eigenvalue weighted by molar-refractivity contribution is -0.119. The van der Waals surface area contributed by atoms with Gasteiger partial charge in [0.1, 0.15) is 0 Å². The van der Waals surface area contributed by atoms with Gasteiger partial charge in [-0.3, -0.25) is 14.7 Å². The quantitative estimate of drug-likeness (QED) is 0.310. The number of halogens is 1. The lowest BCUT2D eigenvalue weighted by atomic mass is 9.57. The molecule has 150 valence electrons. The molecule has 4 N–H and O–H groups in total. The summed E-state index contributed by atoms with van der Waals surface area (Å²) in [6, 6.07) is 0.800. The largest absolute Gasteiger partial charge is 0.377 e. The van der Waals surface area contributed by atoms with Crippen LogP contribution in [0.25, 0.3) is 0 Å². The second kappa shape index (κ2) is 9.05. The van der Waals surface area contributed by atoms with Gasteiger partial charge in [-0.1, -0.05) is 13.8 Å². The maximum atomic E-state index is 11.1. The highest BCUT2D eigenvalue weighted by atomic mass is 127. The van der Waals surface area contributed by atoms with Crippen molar-refractivity contribution in [1.82, 2.24) is 15.5 Å². The van der Waals surface area contributed by atoms with Gasteiger partial charge in [-0.15, -0.1) is 24.0 Å². The van der Waals surface area contributed by atoms with Gasteiger partial charge in [0.2, 0.25) is 5.91 Å². The lowest BCUT2D eigenvalue weighted by Gasteiger charge is -2.55. The summed E-state index contributed by atoms with van der Waals surface area (Å²) in [5.74, 6) is 1.26. The van der Waals surface area contributed by atoms with E-state index in [1.807, 2.05) is 0 Å². The second-order valence-electron chi connectivity index (χ2n) is 8.17. The van der Waals surface area contributed by atoms with Crippen molar-refractivity contribution in [3.8, 4) is 0 Å². The first-order valence-corrected chi connectivity index (χ1v) is 9.61. The van der Waals surface area contributed by atoms with E-state index >= 15 is 0 Å². The molecule has 2 saturated heterocycles. The summed E-state index contributed by atoms with van der Waals surface area (Å²) in [6.45, 7) is 10.4. The van der Waals surface area contributed by atoms with Gasteiger partial charge in [-0.05, 0) is 26.2 Å². The number of nitrogens with zero attached hydrogens (tertiary/aromatic N) is 2. The molecule has 1 saturated carbocycles. The molecule has 0 aromatic carbocycles. The number of carbonyl (C=O) groups is 1. The number of fused-ring (bicyclic) bond motifs is 1. The van der Waals surface area contributed by atoms with Crippen molar-refractivity contribution in [2.45, 2.75) is 58.2 Å². The Balaban J connectivity index is 0.00000243. The zero-order valence-corrected chi connectivity index (χ0v) is 18.5. The Morgan fingerprint density at radius 3 is 2.58 bits per heavy atom. The van der Waals surface area contributed by atoms with Crippen LogP contribution in [0.2, 0.25) is 0 Å². The molecule has 7 nitrogen and oxygen atoms in total. The minimum absolute atomic E-state index is 0. The van der Waals surface area contributed by atoms with Crippen molar-refractivity contribution in [3.05, 3.63) is 0 Å². The van der Waals surface area contributed by atoms with Crippen LogP contribution in [0.1, 0.15) is 40.0 Å². The van der Waals surface area contributed by atoms with E-state index in [4.69, 9.17) is 10.5 Å². The molecule has 2 heterocycles. The zero-order valence-electron chi connectivity index (χ0n) is 16.2. The topological polar surface area (TPSA) is 92.0 Å². The molecule has 8 heteroatoms. The van der Waals surface area contributed by atoms with Crippen molar-refractivity contribution in [2.75, 3.05) is 32.8 Å². The first-order chi connectivity index (χ1) is 11.9. The van der Waals surface area contributed by atoms with Crippen LogP contribution in [0.5, 0.6) is 0 Å². The van der Waals surface area contributed by atoms with Gasteiger partial charge in [-0.25, -0.2) is 0 Å². The number of amides is 1. The van der Waals surface area contributed by atoms with Gasteiger partial charge in [0, 0.05) is 49.7 Å². The van der Waals surface area contributed by atoms with E-state index < -0.39 is 0 Å². The fourth-order valence-electron chi connectivity index (χ4n) is 4.70. The Kier molecular flexibility index (Phi) is 7.55.